The molecule has 0 radical (unpaired) electrons. The van der Waals surface area contributed by atoms with Crippen LogP contribution in [0.1, 0.15) is 43.2 Å². The largest absolute Gasteiger partial charge is 0.338 e. The number of rotatable bonds is 3. The van der Waals surface area contributed by atoms with Crippen LogP contribution in [0.3, 0.4) is 0 Å². The molecular weight excluding hydrogens is 319 g/mol. The molecular formula is C19H25FN4O. The minimum atomic E-state index is -0.294. The fraction of sp³-hybridized carbons (Fsp3) is 0.474. The van der Waals surface area contributed by atoms with Gasteiger partial charge in [0.15, 0.2) is 0 Å². The summed E-state index contributed by atoms with van der Waals surface area (Å²) in [6, 6.07) is 6.22. The molecule has 0 spiro atoms. The lowest BCUT2D eigenvalue weighted by Gasteiger charge is -2.42. The van der Waals surface area contributed by atoms with Crippen molar-refractivity contribution in [2.24, 2.45) is 11.1 Å². The Morgan fingerprint density at radius 1 is 1.36 bits per heavy atom. The van der Waals surface area contributed by atoms with E-state index in [1.165, 1.54) is 12.1 Å². The SMILES string of the molecule is CCc1c(C(=O)N2CCC(N)C(C)(C)C2)cnn1-c1ccc(F)cc1. The Balaban J connectivity index is 1.90. The predicted molar refractivity (Wildman–Crippen MR) is 95.2 cm³/mol. The van der Waals surface area contributed by atoms with Crippen LogP contribution in [0.4, 0.5) is 4.39 Å². The third-order valence-electron chi connectivity index (χ3n) is 5.10. The molecule has 134 valence electrons. The van der Waals surface area contributed by atoms with Crippen molar-refractivity contribution in [1.82, 2.24) is 14.7 Å². The molecule has 3 rings (SSSR count). The number of aromatic nitrogens is 2. The van der Waals surface area contributed by atoms with Crippen LogP contribution in [-0.4, -0.2) is 39.7 Å². The molecule has 5 nitrogen and oxygen atoms in total. The second kappa shape index (κ2) is 6.59. The van der Waals surface area contributed by atoms with Gasteiger partial charge in [-0.1, -0.05) is 20.8 Å². The fourth-order valence-corrected chi connectivity index (χ4v) is 3.42. The lowest BCUT2D eigenvalue weighted by atomic mass is 9.79. The summed E-state index contributed by atoms with van der Waals surface area (Å²) in [4.78, 5) is 14.9. The maximum Gasteiger partial charge on any atom is 0.257 e. The molecule has 0 bridgehead atoms. The number of carbonyl (C=O) groups is 1. The number of benzene rings is 1. The van der Waals surface area contributed by atoms with Gasteiger partial charge in [0, 0.05) is 19.1 Å². The van der Waals surface area contributed by atoms with Gasteiger partial charge in [0.1, 0.15) is 5.82 Å². The first-order valence-corrected chi connectivity index (χ1v) is 8.71. The maximum absolute atomic E-state index is 13.2. The van der Waals surface area contributed by atoms with E-state index >= 15 is 0 Å². The van der Waals surface area contributed by atoms with Crippen LogP contribution < -0.4 is 5.73 Å². The number of nitrogens with two attached hydrogens (primary N) is 1. The summed E-state index contributed by atoms with van der Waals surface area (Å²) in [5.74, 6) is -0.303. The van der Waals surface area contributed by atoms with E-state index in [0.717, 1.165) is 17.8 Å². The van der Waals surface area contributed by atoms with Crippen LogP contribution in [0.5, 0.6) is 0 Å². The monoisotopic (exact) mass is 344 g/mol. The summed E-state index contributed by atoms with van der Waals surface area (Å²) in [6.07, 6.45) is 3.08. The highest BCUT2D eigenvalue weighted by atomic mass is 19.1. The zero-order valence-electron chi connectivity index (χ0n) is 15.0. The van der Waals surface area contributed by atoms with Crippen molar-refractivity contribution in [3.8, 4) is 5.69 Å². The van der Waals surface area contributed by atoms with Crippen molar-refractivity contribution in [3.63, 3.8) is 0 Å². The number of amides is 1. The molecule has 6 heteroatoms. The summed E-state index contributed by atoms with van der Waals surface area (Å²) >= 11 is 0. The molecule has 0 saturated carbocycles. The molecule has 1 saturated heterocycles. The van der Waals surface area contributed by atoms with Crippen LogP contribution >= 0.6 is 0 Å². The Hall–Kier alpha value is -2.21. The molecule has 1 aromatic heterocycles. The molecule has 1 amide bonds. The molecule has 1 aliphatic heterocycles. The van der Waals surface area contributed by atoms with Gasteiger partial charge in [0.2, 0.25) is 0 Å². The van der Waals surface area contributed by atoms with Crippen LogP contribution in [0.25, 0.3) is 5.69 Å². The highest BCUT2D eigenvalue weighted by Gasteiger charge is 2.36. The number of likely N-dealkylation sites (tertiary alicyclic amines) is 1. The zero-order valence-corrected chi connectivity index (χ0v) is 15.0. The number of hydrogen-bond donors (Lipinski definition) is 1. The quantitative estimate of drug-likeness (QED) is 0.931. The van der Waals surface area contributed by atoms with Gasteiger partial charge < -0.3 is 10.6 Å². The van der Waals surface area contributed by atoms with Crippen molar-refractivity contribution < 1.29 is 9.18 Å². The molecule has 1 aliphatic rings. The molecule has 1 fully saturated rings. The van der Waals surface area contributed by atoms with E-state index in [-0.39, 0.29) is 23.2 Å². The topological polar surface area (TPSA) is 64.2 Å². The fourth-order valence-electron chi connectivity index (χ4n) is 3.42. The van der Waals surface area contributed by atoms with Gasteiger partial charge in [-0.3, -0.25) is 4.79 Å². The second-order valence-electron chi connectivity index (χ2n) is 7.36. The Morgan fingerprint density at radius 3 is 2.64 bits per heavy atom. The summed E-state index contributed by atoms with van der Waals surface area (Å²) in [7, 11) is 0. The van der Waals surface area contributed by atoms with Gasteiger partial charge in [0.05, 0.1) is 23.1 Å². The standard InChI is InChI=1S/C19H25FN4O/c1-4-16-15(11-22-24(16)14-7-5-13(20)6-8-14)18(25)23-10-9-17(21)19(2,3)12-23/h5-8,11,17H,4,9-10,12,21H2,1-3H3. The van der Waals surface area contributed by atoms with Gasteiger partial charge in [-0.25, -0.2) is 9.07 Å². The van der Waals surface area contributed by atoms with Crippen LogP contribution in [-0.2, 0) is 6.42 Å². The van der Waals surface area contributed by atoms with Crippen molar-refractivity contribution in [2.45, 2.75) is 39.7 Å². The third-order valence-corrected chi connectivity index (χ3v) is 5.10. The second-order valence-corrected chi connectivity index (χ2v) is 7.36. The lowest BCUT2D eigenvalue weighted by molar-refractivity contribution is 0.0532. The summed E-state index contributed by atoms with van der Waals surface area (Å²) in [5.41, 5.74) is 8.27. The van der Waals surface area contributed by atoms with E-state index in [0.29, 0.717) is 25.1 Å². The first-order chi connectivity index (χ1) is 11.8. The van der Waals surface area contributed by atoms with Crippen molar-refractivity contribution >= 4 is 5.91 Å². The molecule has 2 aromatic rings. The van der Waals surface area contributed by atoms with E-state index in [9.17, 15) is 9.18 Å². The van der Waals surface area contributed by atoms with Crippen molar-refractivity contribution in [3.05, 3.63) is 47.5 Å². The first-order valence-electron chi connectivity index (χ1n) is 8.71. The Morgan fingerprint density at radius 2 is 2.04 bits per heavy atom. The number of halogens is 1. The van der Waals surface area contributed by atoms with E-state index in [4.69, 9.17) is 5.73 Å². The lowest BCUT2D eigenvalue weighted by Crippen LogP contribution is -2.54. The van der Waals surface area contributed by atoms with E-state index in [1.807, 2.05) is 11.8 Å². The summed E-state index contributed by atoms with van der Waals surface area (Å²) < 4.78 is 14.9. The average Bonchev–Trinajstić information content (AvgIpc) is 3.01. The maximum atomic E-state index is 13.2. The van der Waals surface area contributed by atoms with Gasteiger partial charge in [-0.15, -0.1) is 0 Å². The average molecular weight is 344 g/mol. The van der Waals surface area contributed by atoms with Gasteiger partial charge >= 0.3 is 0 Å². The Labute approximate surface area is 147 Å². The normalized spacial score (nSPS) is 19.9. The van der Waals surface area contributed by atoms with Crippen molar-refractivity contribution in [1.29, 1.82) is 0 Å². The molecule has 2 heterocycles. The molecule has 0 aliphatic carbocycles. The number of hydrogen-bond acceptors (Lipinski definition) is 3. The Bertz CT molecular complexity index is 766. The Kier molecular flexibility index (Phi) is 4.64. The zero-order chi connectivity index (χ0) is 18.2. The van der Waals surface area contributed by atoms with Crippen molar-refractivity contribution in [2.75, 3.05) is 13.1 Å². The third kappa shape index (κ3) is 3.31. The molecule has 2 N–H and O–H groups in total. The van der Waals surface area contributed by atoms with Crippen LogP contribution in [0.2, 0.25) is 0 Å². The van der Waals surface area contributed by atoms with E-state index in [1.54, 1.807) is 23.0 Å². The van der Waals surface area contributed by atoms with Crippen LogP contribution in [0.15, 0.2) is 30.5 Å². The number of carbonyl (C=O) groups excluding carboxylic acids is 1. The smallest absolute Gasteiger partial charge is 0.257 e. The number of piperidine rings is 1. The highest BCUT2D eigenvalue weighted by molar-refractivity contribution is 5.95. The molecule has 1 unspecified atom stereocenters. The first kappa shape index (κ1) is 17.6. The minimum absolute atomic E-state index is 0.00909. The van der Waals surface area contributed by atoms with Gasteiger partial charge in [-0.2, -0.15) is 5.10 Å². The van der Waals surface area contributed by atoms with E-state index < -0.39 is 0 Å². The molecule has 1 atom stereocenters. The molecule has 25 heavy (non-hydrogen) atoms. The van der Waals surface area contributed by atoms with Crippen LogP contribution in [0, 0.1) is 11.2 Å². The predicted octanol–water partition coefficient (Wildman–Crippen LogP) is 2.77. The summed E-state index contributed by atoms with van der Waals surface area (Å²) in [6.45, 7) is 7.48. The summed E-state index contributed by atoms with van der Waals surface area (Å²) in [5, 5.41) is 4.38. The number of nitrogens with zero attached hydrogens (tertiary/aromatic N) is 3. The highest BCUT2D eigenvalue weighted by Crippen LogP contribution is 2.29. The van der Waals surface area contributed by atoms with E-state index in [2.05, 4.69) is 18.9 Å². The minimum Gasteiger partial charge on any atom is -0.338 e. The van der Waals surface area contributed by atoms with Gasteiger partial charge in [0.25, 0.3) is 5.91 Å². The molecule has 1 aromatic carbocycles. The van der Waals surface area contributed by atoms with Gasteiger partial charge in [-0.05, 0) is 42.5 Å².